The summed E-state index contributed by atoms with van der Waals surface area (Å²) in [6, 6.07) is 11.4. The van der Waals surface area contributed by atoms with Crippen molar-refractivity contribution in [3.05, 3.63) is 41.4 Å². The molecule has 3 rings (SSSR count). The van der Waals surface area contributed by atoms with Gasteiger partial charge in [0.05, 0.1) is 36.5 Å². The van der Waals surface area contributed by atoms with Gasteiger partial charge in [-0.15, -0.1) is 0 Å². The van der Waals surface area contributed by atoms with Gasteiger partial charge in [-0.25, -0.2) is 4.98 Å². The molecular formula is C19H22ClN3O3. The molecule has 4 N–H and O–H groups in total. The van der Waals surface area contributed by atoms with E-state index in [1.54, 1.807) is 7.11 Å². The van der Waals surface area contributed by atoms with Crippen molar-refractivity contribution in [1.82, 2.24) is 10.3 Å². The Labute approximate surface area is 156 Å². The highest BCUT2D eigenvalue weighted by molar-refractivity contribution is 6.31. The fraction of sp³-hybridized carbons (Fsp3) is 0.316. The predicted molar refractivity (Wildman–Crippen MR) is 105 cm³/mol. The summed E-state index contributed by atoms with van der Waals surface area (Å²) in [5.41, 5.74) is 2.64. The van der Waals surface area contributed by atoms with E-state index in [2.05, 4.69) is 10.6 Å². The first-order valence-corrected chi connectivity index (χ1v) is 8.80. The second kappa shape index (κ2) is 8.51. The van der Waals surface area contributed by atoms with Crippen molar-refractivity contribution in [3.63, 3.8) is 0 Å². The first kappa shape index (κ1) is 18.7. The van der Waals surface area contributed by atoms with E-state index in [1.165, 1.54) is 0 Å². The lowest BCUT2D eigenvalue weighted by Crippen LogP contribution is -2.32. The molecule has 7 heteroatoms. The van der Waals surface area contributed by atoms with Crippen LogP contribution in [0.1, 0.15) is 0 Å². The standard InChI is InChI=1S/C19H22ClN3O3/c1-26-14-3-5-17-16(9-14)19(22-7-6-21-10-13(25)11-24)15-4-2-12(20)8-18(15)23-17/h2-5,8-9,13,21,24-25H,6-7,10-11H2,1H3,(H,22,23)/t13-/m1/s1. The number of anilines is 1. The van der Waals surface area contributed by atoms with Crippen LogP contribution >= 0.6 is 11.6 Å². The Balaban J connectivity index is 1.91. The Morgan fingerprint density at radius 1 is 1.12 bits per heavy atom. The Morgan fingerprint density at radius 2 is 1.96 bits per heavy atom. The van der Waals surface area contributed by atoms with Crippen molar-refractivity contribution < 1.29 is 14.9 Å². The molecule has 2 aromatic carbocycles. The predicted octanol–water partition coefficient (Wildman–Crippen LogP) is 2.40. The first-order valence-electron chi connectivity index (χ1n) is 8.43. The van der Waals surface area contributed by atoms with Crippen LogP contribution in [0, 0.1) is 0 Å². The van der Waals surface area contributed by atoms with Crippen molar-refractivity contribution in [1.29, 1.82) is 0 Å². The van der Waals surface area contributed by atoms with Crippen molar-refractivity contribution in [2.75, 3.05) is 38.7 Å². The SMILES string of the molecule is COc1ccc2nc3cc(Cl)ccc3c(NCCNC[C@@H](O)CO)c2c1. The maximum Gasteiger partial charge on any atom is 0.119 e. The monoisotopic (exact) mass is 375 g/mol. The van der Waals surface area contributed by atoms with Gasteiger partial charge < -0.3 is 25.6 Å². The number of halogens is 1. The quantitative estimate of drug-likeness (QED) is 0.357. The average molecular weight is 376 g/mol. The molecule has 3 aromatic rings. The Hall–Kier alpha value is -2.12. The summed E-state index contributed by atoms with van der Waals surface area (Å²) in [6.45, 7) is 1.38. The zero-order valence-electron chi connectivity index (χ0n) is 14.5. The number of nitrogens with zero attached hydrogens (tertiary/aromatic N) is 1. The molecule has 0 radical (unpaired) electrons. The van der Waals surface area contributed by atoms with E-state index < -0.39 is 6.10 Å². The lowest BCUT2D eigenvalue weighted by molar-refractivity contribution is 0.0949. The summed E-state index contributed by atoms with van der Waals surface area (Å²) in [7, 11) is 1.64. The number of aliphatic hydroxyl groups is 2. The molecule has 0 aliphatic heterocycles. The van der Waals surface area contributed by atoms with Crippen LogP contribution in [-0.4, -0.2) is 54.7 Å². The van der Waals surface area contributed by atoms with Crippen LogP contribution < -0.4 is 15.4 Å². The third kappa shape index (κ3) is 4.16. The van der Waals surface area contributed by atoms with Crippen LogP contribution in [0.5, 0.6) is 5.75 Å². The molecule has 1 atom stereocenters. The lowest BCUT2D eigenvalue weighted by Gasteiger charge is -2.15. The van der Waals surface area contributed by atoms with Crippen LogP contribution in [0.3, 0.4) is 0 Å². The molecule has 1 heterocycles. The minimum atomic E-state index is -0.746. The number of pyridine rings is 1. The fourth-order valence-corrected chi connectivity index (χ4v) is 2.99. The van der Waals surface area contributed by atoms with Gasteiger partial charge >= 0.3 is 0 Å². The molecule has 138 valence electrons. The van der Waals surface area contributed by atoms with Gasteiger partial charge in [-0.3, -0.25) is 0 Å². The molecule has 6 nitrogen and oxygen atoms in total. The fourth-order valence-electron chi connectivity index (χ4n) is 2.82. The molecule has 0 amide bonds. The van der Waals surface area contributed by atoms with Crippen LogP contribution in [-0.2, 0) is 0 Å². The van der Waals surface area contributed by atoms with E-state index in [0.29, 0.717) is 24.7 Å². The summed E-state index contributed by atoms with van der Waals surface area (Å²) in [6.07, 6.45) is -0.746. The normalized spacial score (nSPS) is 12.5. The number of aromatic nitrogens is 1. The zero-order chi connectivity index (χ0) is 18.5. The highest BCUT2D eigenvalue weighted by atomic mass is 35.5. The summed E-state index contributed by atoms with van der Waals surface area (Å²) >= 11 is 6.12. The van der Waals surface area contributed by atoms with E-state index >= 15 is 0 Å². The third-order valence-corrected chi connectivity index (χ3v) is 4.37. The minimum absolute atomic E-state index is 0.249. The van der Waals surface area contributed by atoms with Gasteiger partial charge in [0.2, 0.25) is 0 Å². The van der Waals surface area contributed by atoms with Gasteiger partial charge in [0.15, 0.2) is 0 Å². The van der Waals surface area contributed by atoms with Crippen LogP contribution in [0.2, 0.25) is 5.02 Å². The van der Waals surface area contributed by atoms with Crippen molar-refractivity contribution in [3.8, 4) is 5.75 Å². The molecule has 0 fully saturated rings. The van der Waals surface area contributed by atoms with Crippen LogP contribution in [0.25, 0.3) is 21.8 Å². The van der Waals surface area contributed by atoms with Gasteiger partial charge in [-0.05, 0) is 36.4 Å². The van der Waals surface area contributed by atoms with Crippen molar-refractivity contribution in [2.45, 2.75) is 6.10 Å². The molecule has 0 saturated carbocycles. The Morgan fingerprint density at radius 3 is 2.73 bits per heavy atom. The topological polar surface area (TPSA) is 86.6 Å². The Kier molecular flexibility index (Phi) is 6.11. The molecule has 0 bridgehead atoms. The number of rotatable bonds is 8. The molecule has 0 aliphatic carbocycles. The van der Waals surface area contributed by atoms with Gasteiger partial charge in [0, 0.05) is 35.4 Å². The maximum absolute atomic E-state index is 9.37. The van der Waals surface area contributed by atoms with Gasteiger partial charge in [-0.2, -0.15) is 0 Å². The Bertz CT molecular complexity index is 904. The number of methoxy groups -OCH3 is 1. The molecule has 0 saturated heterocycles. The van der Waals surface area contributed by atoms with E-state index in [4.69, 9.17) is 26.4 Å². The number of aliphatic hydroxyl groups excluding tert-OH is 2. The molecular weight excluding hydrogens is 354 g/mol. The lowest BCUT2D eigenvalue weighted by atomic mass is 10.1. The largest absolute Gasteiger partial charge is 0.497 e. The third-order valence-electron chi connectivity index (χ3n) is 4.14. The molecule has 0 unspecified atom stereocenters. The van der Waals surface area contributed by atoms with Gasteiger partial charge in [0.25, 0.3) is 0 Å². The number of hydrogen-bond donors (Lipinski definition) is 4. The minimum Gasteiger partial charge on any atom is -0.497 e. The van der Waals surface area contributed by atoms with Crippen molar-refractivity contribution >= 4 is 39.1 Å². The smallest absolute Gasteiger partial charge is 0.119 e. The zero-order valence-corrected chi connectivity index (χ0v) is 15.3. The maximum atomic E-state index is 9.37. The van der Waals surface area contributed by atoms with Gasteiger partial charge in [-0.1, -0.05) is 11.6 Å². The van der Waals surface area contributed by atoms with Gasteiger partial charge in [0.1, 0.15) is 5.75 Å². The van der Waals surface area contributed by atoms with Crippen LogP contribution in [0.15, 0.2) is 36.4 Å². The molecule has 26 heavy (non-hydrogen) atoms. The summed E-state index contributed by atoms with van der Waals surface area (Å²) in [5, 5.41) is 27.4. The van der Waals surface area contributed by atoms with Crippen molar-refractivity contribution in [2.24, 2.45) is 0 Å². The molecule has 0 aliphatic rings. The van der Waals surface area contributed by atoms with E-state index in [9.17, 15) is 5.11 Å². The number of nitrogens with one attached hydrogen (secondary N) is 2. The van der Waals surface area contributed by atoms with E-state index in [0.717, 1.165) is 33.2 Å². The van der Waals surface area contributed by atoms with Crippen LogP contribution in [0.4, 0.5) is 5.69 Å². The molecule has 0 spiro atoms. The second-order valence-electron chi connectivity index (χ2n) is 6.00. The average Bonchev–Trinajstić information content (AvgIpc) is 2.66. The first-order chi connectivity index (χ1) is 12.6. The summed E-state index contributed by atoms with van der Waals surface area (Å²) in [4.78, 5) is 4.70. The van der Waals surface area contributed by atoms with E-state index in [1.807, 2.05) is 36.4 Å². The highest BCUT2D eigenvalue weighted by Crippen LogP contribution is 2.33. The summed E-state index contributed by atoms with van der Waals surface area (Å²) in [5.74, 6) is 0.764. The number of hydrogen-bond acceptors (Lipinski definition) is 6. The second-order valence-corrected chi connectivity index (χ2v) is 6.44. The summed E-state index contributed by atoms with van der Waals surface area (Å²) < 4.78 is 5.35. The molecule has 1 aromatic heterocycles. The highest BCUT2D eigenvalue weighted by Gasteiger charge is 2.11. The van der Waals surface area contributed by atoms with E-state index in [-0.39, 0.29) is 6.61 Å². The number of benzene rings is 2. The number of fused-ring (bicyclic) bond motifs is 2. The number of ether oxygens (including phenoxy) is 1.